The van der Waals surface area contributed by atoms with Gasteiger partial charge in [0.2, 0.25) is 0 Å². The Balaban J connectivity index is 1.49. The molecule has 3 aromatic rings. The molecule has 0 unspecified atom stereocenters. The van der Waals surface area contributed by atoms with Gasteiger partial charge in [0.05, 0.1) is 19.3 Å². The number of carbonyl (C=O) groups excluding carboxylic acids is 2. The van der Waals surface area contributed by atoms with Crippen molar-refractivity contribution in [2.75, 3.05) is 0 Å². The minimum atomic E-state index is -0.836. The van der Waals surface area contributed by atoms with Gasteiger partial charge < -0.3 is 15.4 Å². The molecule has 3 amide bonds. The van der Waals surface area contributed by atoms with Crippen molar-refractivity contribution in [2.24, 2.45) is 5.92 Å². The first kappa shape index (κ1) is 24.7. The first-order valence-corrected chi connectivity index (χ1v) is 11.1. The Morgan fingerprint density at radius 3 is 2.59 bits per heavy atom. The quantitative estimate of drug-likeness (QED) is 0.254. The van der Waals surface area contributed by atoms with Crippen molar-refractivity contribution < 1.29 is 19.5 Å². The first-order chi connectivity index (χ1) is 16.4. The zero-order valence-corrected chi connectivity index (χ0v) is 19.3. The molecule has 180 valence electrons. The lowest BCUT2D eigenvalue weighted by atomic mass is 10.0. The molecule has 0 saturated heterocycles. The maximum Gasteiger partial charge on any atom is 0.315 e. The van der Waals surface area contributed by atoms with Crippen LogP contribution < -0.4 is 20.9 Å². The van der Waals surface area contributed by atoms with Crippen LogP contribution in [0.2, 0.25) is 0 Å². The molecule has 0 aliphatic rings. The van der Waals surface area contributed by atoms with Crippen molar-refractivity contribution in [2.45, 2.75) is 46.0 Å². The molecule has 0 aliphatic heterocycles. The molecule has 4 N–H and O–H groups in total. The highest BCUT2D eigenvalue weighted by Gasteiger charge is 2.21. The largest absolute Gasteiger partial charge is 0.489 e. The number of urea groups is 1. The second-order valence-corrected chi connectivity index (χ2v) is 8.31. The van der Waals surface area contributed by atoms with E-state index in [1.807, 2.05) is 68.4 Å². The van der Waals surface area contributed by atoms with Crippen molar-refractivity contribution in [3.05, 3.63) is 77.6 Å². The maximum atomic E-state index is 12.2. The summed E-state index contributed by atoms with van der Waals surface area (Å²) >= 11 is 0. The van der Waals surface area contributed by atoms with Gasteiger partial charge in [-0.05, 0) is 35.6 Å². The standard InChI is InChI=1S/C24H30N6O4/c1-17(2)11-22(23(31)28-33)26-24(32)25-13-20-15-30(29-27-20)14-19-9-6-10-21(12-19)34-16-18-7-4-3-5-8-18/h3-10,12,15,17,22,33H,11,13-14,16H2,1-2H3,(H,28,31)(H2,25,26,32)/t22-/m0/s1. The molecule has 0 spiro atoms. The van der Waals surface area contributed by atoms with E-state index in [1.54, 1.807) is 16.4 Å². The highest BCUT2D eigenvalue weighted by molar-refractivity contribution is 5.86. The number of carbonyl (C=O) groups is 2. The SMILES string of the molecule is CC(C)C[C@H](NC(=O)NCc1cn(Cc2cccc(OCc3ccccc3)c2)nn1)C(=O)NO. The first-order valence-electron chi connectivity index (χ1n) is 11.1. The molecular formula is C24H30N6O4. The van der Waals surface area contributed by atoms with Crippen LogP contribution in [-0.2, 0) is 24.5 Å². The Labute approximate surface area is 198 Å². The lowest BCUT2D eigenvalue weighted by Gasteiger charge is -2.18. The van der Waals surface area contributed by atoms with Crippen LogP contribution in [0.3, 0.4) is 0 Å². The van der Waals surface area contributed by atoms with Crippen LogP contribution in [-0.4, -0.2) is 38.2 Å². The highest BCUT2D eigenvalue weighted by atomic mass is 16.5. The van der Waals surface area contributed by atoms with Crippen LogP contribution >= 0.6 is 0 Å². The van der Waals surface area contributed by atoms with Gasteiger partial charge in [0.1, 0.15) is 24.1 Å². The van der Waals surface area contributed by atoms with Gasteiger partial charge in [-0.25, -0.2) is 15.0 Å². The predicted molar refractivity (Wildman–Crippen MR) is 125 cm³/mol. The summed E-state index contributed by atoms with van der Waals surface area (Å²) in [7, 11) is 0. The van der Waals surface area contributed by atoms with Crippen LogP contribution in [0.1, 0.15) is 37.1 Å². The summed E-state index contributed by atoms with van der Waals surface area (Å²) in [6.07, 6.45) is 2.13. The molecule has 3 rings (SSSR count). The van der Waals surface area contributed by atoms with E-state index in [0.29, 0.717) is 25.3 Å². The van der Waals surface area contributed by atoms with Gasteiger partial charge in [-0.1, -0.05) is 61.5 Å². The summed E-state index contributed by atoms with van der Waals surface area (Å²) in [5, 5.41) is 22.3. The second-order valence-electron chi connectivity index (χ2n) is 8.31. The number of hydrogen-bond acceptors (Lipinski definition) is 6. The van der Waals surface area contributed by atoms with E-state index < -0.39 is 18.0 Å². The van der Waals surface area contributed by atoms with E-state index in [4.69, 9.17) is 9.94 Å². The van der Waals surface area contributed by atoms with Gasteiger partial charge in [0, 0.05) is 0 Å². The predicted octanol–water partition coefficient (Wildman–Crippen LogP) is 2.62. The summed E-state index contributed by atoms with van der Waals surface area (Å²) in [6, 6.07) is 16.3. The Kier molecular flexibility index (Phi) is 8.98. The Hall–Kier alpha value is -3.92. The number of hydroxylamine groups is 1. The molecular weight excluding hydrogens is 436 g/mol. The third-order valence-corrected chi connectivity index (χ3v) is 4.95. The lowest BCUT2D eigenvalue weighted by molar-refractivity contribution is -0.131. The molecule has 1 aromatic heterocycles. The normalized spacial score (nSPS) is 11.6. The van der Waals surface area contributed by atoms with Crippen LogP contribution in [0.5, 0.6) is 5.75 Å². The molecule has 1 atom stereocenters. The Morgan fingerprint density at radius 2 is 1.85 bits per heavy atom. The van der Waals surface area contributed by atoms with Crippen molar-refractivity contribution in [1.82, 2.24) is 31.1 Å². The third-order valence-electron chi connectivity index (χ3n) is 4.95. The fraction of sp³-hybridized carbons (Fsp3) is 0.333. The van der Waals surface area contributed by atoms with Gasteiger partial charge in [-0.3, -0.25) is 10.0 Å². The van der Waals surface area contributed by atoms with Crippen LogP contribution in [0.25, 0.3) is 0 Å². The van der Waals surface area contributed by atoms with E-state index in [0.717, 1.165) is 16.9 Å². The summed E-state index contributed by atoms with van der Waals surface area (Å²) < 4.78 is 7.55. The number of nitrogens with one attached hydrogen (secondary N) is 3. The third kappa shape index (κ3) is 7.89. The maximum absolute atomic E-state index is 12.2. The topological polar surface area (TPSA) is 130 Å². The van der Waals surface area contributed by atoms with E-state index in [2.05, 4.69) is 20.9 Å². The molecule has 0 radical (unpaired) electrons. The number of benzene rings is 2. The smallest absolute Gasteiger partial charge is 0.315 e. The van der Waals surface area contributed by atoms with E-state index in [1.165, 1.54) is 0 Å². The molecule has 10 nitrogen and oxygen atoms in total. The van der Waals surface area contributed by atoms with Crippen LogP contribution in [0.4, 0.5) is 4.79 Å². The molecule has 0 saturated carbocycles. The number of ether oxygens (including phenoxy) is 1. The second kappa shape index (κ2) is 12.4. The van der Waals surface area contributed by atoms with Crippen molar-refractivity contribution >= 4 is 11.9 Å². The van der Waals surface area contributed by atoms with Crippen LogP contribution in [0.15, 0.2) is 60.8 Å². The zero-order valence-electron chi connectivity index (χ0n) is 19.3. The average molecular weight is 467 g/mol. The molecule has 10 heteroatoms. The summed E-state index contributed by atoms with van der Waals surface area (Å²) in [5.41, 5.74) is 4.24. The minimum Gasteiger partial charge on any atom is -0.489 e. The van der Waals surface area contributed by atoms with E-state index >= 15 is 0 Å². The summed E-state index contributed by atoms with van der Waals surface area (Å²) in [5.74, 6) is 0.261. The zero-order chi connectivity index (χ0) is 24.3. The minimum absolute atomic E-state index is 0.140. The van der Waals surface area contributed by atoms with Gasteiger partial charge >= 0.3 is 6.03 Å². The molecule has 34 heavy (non-hydrogen) atoms. The van der Waals surface area contributed by atoms with E-state index in [-0.39, 0.29) is 12.5 Å². The Bertz CT molecular complexity index is 1070. The van der Waals surface area contributed by atoms with Crippen molar-refractivity contribution in [3.8, 4) is 5.75 Å². The molecule has 2 aromatic carbocycles. The van der Waals surface area contributed by atoms with Crippen molar-refractivity contribution in [3.63, 3.8) is 0 Å². The molecule has 1 heterocycles. The number of rotatable bonds is 11. The number of amides is 3. The lowest BCUT2D eigenvalue weighted by Crippen LogP contribution is -2.49. The van der Waals surface area contributed by atoms with E-state index in [9.17, 15) is 9.59 Å². The number of hydrogen-bond donors (Lipinski definition) is 4. The summed E-state index contributed by atoms with van der Waals surface area (Å²) in [4.78, 5) is 23.9. The van der Waals surface area contributed by atoms with Gasteiger partial charge in [-0.2, -0.15) is 0 Å². The summed E-state index contributed by atoms with van der Waals surface area (Å²) in [6.45, 7) is 4.96. The monoisotopic (exact) mass is 466 g/mol. The van der Waals surface area contributed by atoms with Gasteiger partial charge in [-0.15, -0.1) is 5.10 Å². The van der Waals surface area contributed by atoms with Gasteiger partial charge in [0.15, 0.2) is 0 Å². The number of aromatic nitrogens is 3. The average Bonchev–Trinajstić information content (AvgIpc) is 3.28. The fourth-order valence-corrected chi connectivity index (χ4v) is 3.32. The molecule has 0 aliphatic carbocycles. The van der Waals surface area contributed by atoms with Crippen molar-refractivity contribution in [1.29, 1.82) is 0 Å². The highest BCUT2D eigenvalue weighted by Crippen LogP contribution is 2.16. The van der Waals surface area contributed by atoms with Gasteiger partial charge in [0.25, 0.3) is 5.91 Å². The molecule has 0 bridgehead atoms. The molecule has 0 fully saturated rings. The fourth-order valence-electron chi connectivity index (χ4n) is 3.32. The Morgan fingerprint density at radius 1 is 1.09 bits per heavy atom. The number of nitrogens with zero attached hydrogens (tertiary/aromatic N) is 3. The van der Waals surface area contributed by atoms with Crippen LogP contribution in [0, 0.1) is 5.92 Å².